The maximum absolute atomic E-state index is 9.61. The summed E-state index contributed by atoms with van der Waals surface area (Å²) in [5.74, 6) is 0. The first-order chi connectivity index (χ1) is 9.47. The lowest BCUT2D eigenvalue weighted by Crippen LogP contribution is -2.48. The van der Waals surface area contributed by atoms with Crippen molar-refractivity contribution in [1.29, 1.82) is 0 Å². The van der Waals surface area contributed by atoms with Gasteiger partial charge < -0.3 is 15.2 Å². The Morgan fingerprint density at radius 2 is 1.90 bits per heavy atom. The molecule has 0 spiro atoms. The molecule has 1 fully saturated rings. The molecule has 3 heteroatoms. The molecule has 0 saturated heterocycles. The highest BCUT2D eigenvalue weighted by Gasteiger charge is 2.28. The monoisotopic (exact) mass is 285 g/mol. The quantitative estimate of drug-likeness (QED) is 0.637. The molecule has 1 aliphatic carbocycles. The summed E-state index contributed by atoms with van der Waals surface area (Å²) in [4.78, 5) is 0. The number of aliphatic hydroxyl groups excluding tert-OH is 1. The summed E-state index contributed by atoms with van der Waals surface area (Å²) < 4.78 is 6.03. The highest BCUT2D eigenvalue weighted by atomic mass is 16.5. The lowest BCUT2D eigenvalue weighted by Gasteiger charge is -2.35. The normalized spacial score (nSPS) is 22.6. The Hall–Kier alpha value is -0.120. The van der Waals surface area contributed by atoms with E-state index in [0.29, 0.717) is 11.5 Å². The minimum Gasteiger partial charge on any atom is -0.394 e. The maximum Gasteiger partial charge on any atom is 0.0613 e. The lowest BCUT2D eigenvalue weighted by molar-refractivity contribution is -0.000807. The maximum atomic E-state index is 9.61. The molecule has 1 saturated carbocycles. The second-order valence-corrected chi connectivity index (χ2v) is 7.16. The minimum atomic E-state index is -0.104. The Kier molecular flexibility index (Phi) is 7.49. The largest absolute Gasteiger partial charge is 0.394 e. The molecule has 0 bridgehead atoms. The predicted molar refractivity (Wildman–Crippen MR) is 85.0 cm³/mol. The Morgan fingerprint density at radius 3 is 2.40 bits per heavy atom. The van der Waals surface area contributed by atoms with Gasteiger partial charge in [-0.1, -0.05) is 27.7 Å². The number of hydrogen-bond acceptors (Lipinski definition) is 3. The van der Waals surface area contributed by atoms with E-state index in [2.05, 4.69) is 33.0 Å². The topological polar surface area (TPSA) is 41.5 Å². The number of nitrogens with one attached hydrogen (secondary N) is 1. The van der Waals surface area contributed by atoms with Crippen LogP contribution in [-0.2, 0) is 4.74 Å². The summed E-state index contributed by atoms with van der Waals surface area (Å²) in [6, 6.07) is 0. The Balaban J connectivity index is 2.21. The van der Waals surface area contributed by atoms with Crippen LogP contribution in [0.5, 0.6) is 0 Å². The smallest absolute Gasteiger partial charge is 0.0613 e. The van der Waals surface area contributed by atoms with Gasteiger partial charge in [-0.3, -0.25) is 0 Å². The van der Waals surface area contributed by atoms with Gasteiger partial charge >= 0.3 is 0 Å². The fourth-order valence-electron chi connectivity index (χ4n) is 3.21. The van der Waals surface area contributed by atoms with Gasteiger partial charge in [0.1, 0.15) is 0 Å². The van der Waals surface area contributed by atoms with E-state index in [1.54, 1.807) is 0 Å². The minimum absolute atomic E-state index is 0.104. The van der Waals surface area contributed by atoms with Gasteiger partial charge in [0.05, 0.1) is 12.7 Å². The zero-order valence-electron chi connectivity index (χ0n) is 14.0. The first-order valence-electron chi connectivity index (χ1n) is 8.44. The van der Waals surface area contributed by atoms with Crippen molar-refractivity contribution < 1.29 is 9.84 Å². The zero-order valence-corrected chi connectivity index (χ0v) is 14.0. The molecule has 1 rings (SSSR count). The van der Waals surface area contributed by atoms with Crippen LogP contribution in [0.15, 0.2) is 0 Å². The molecule has 3 nitrogen and oxygen atoms in total. The van der Waals surface area contributed by atoms with Crippen molar-refractivity contribution in [3.05, 3.63) is 0 Å². The van der Waals surface area contributed by atoms with Crippen LogP contribution in [0.4, 0.5) is 0 Å². The van der Waals surface area contributed by atoms with Crippen LogP contribution in [0.3, 0.4) is 0 Å². The fraction of sp³-hybridized carbons (Fsp3) is 1.00. The van der Waals surface area contributed by atoms with Gasteiger partial charge in [-0.2, -0.15) is 0 Å². The first-order valence-corrected chi connectivity index (χ1v) is 8.44. The van der Waals surface area contributed by atoms with Crippen LogP contribution in [0, 0.1) is 5.41 Å². The molecule has 0 aromatic rings. The third-order valence-electron chi connectivity index (χ3n) is 4.97. The van der Waals surface area contributed by atoms with Crippen molar-refractivity contribution >= 4 is 0 Å². The predicted octanol–water partition coefficient (Wildman–Crippen LogP) is 3.50. The van der Waals surface area contributed by atoms with E-state index >= 15 is 0 Å². The summed E-state index contributed by atoms with van der Waals surface area (Å²) in [6.07, 6.45) is 8.43. The van der Waals surface area contributed by atoms with Crippen LogP contribution in [0.1, 0.15) is 72.6 Å². The number of ether oxygens (including phenoxy) is 1. The molecule has 0 aromatic carbocycles. The van der Waals surface area contributed by atoms with E-state index in [-0.39, 0.29) is 12.1 Å². The molecule has 20 heavy (non-hydrogen) atoms. The third kappa shape index (κ3) is 5.71. The summed E-state index contributed by atoms with van der Waals surface area (Å²) in [5, 5.41) is 13.0. The van der Waals surface area contributed by atoms with Crippen molar-refractivity contribution in [1.82, 2.24) is 5.32 Å². The average molecular weight is 285 g/mol. The summed E-state index contributed by atoms with van der Waals surface area (Å²) in [6.45, 7) is 10.9. The second kappa shape index (κ2) is 8.35. The van der Waals surface area contributed by atoms with Crippen LogP contribution >= 0.6 is 0 Å². The molecule has 0 amide bonds. The Labute approximate surface area is 125 Å². The van der Waals surface area contributed by atoms with Gasteiger partial charge in [0.2, 0.25) is 0 Å². The van der Waals surface area contributed by atoms with Crippen molar-refractivity contribution in [2.24, 2.45) is 5.41 Å². The van der Waals surface area contributed by atoms with E-state index in [4.69, 9.17) is 4.74 Å². The second-order valence-electron chi connectivity index (χ2n) is 7.16. The van der Waals surface area contributed by atoms with Gasteiger partial charge in [0.25, 0.3) is 0 Å². The van der Waals surface area contributed by atoms with E-state index in [1.807, 2.05) is 0 Å². The van der Waals surface area contributed by atoms with Crippen LogP contribution in [0.2, 0.25) is 0 Å². The standard InChI is InChI=1S/C17H35NO2/c1-5-17(14-19,18-6-2)10-7-13-20-15-8-11-16(3,4)12-9-15/h15,18-19H,5-14H2,1-4H3. The molecular weight excluding hydrogens is 250 g/mol. The van der Waals surface area contributed by atoms with E-state index in [1.165, 1.54) is 25.7 Å². The molecule has 0 aromatic heterocycles. The van der Waals surface area contributed by atoms with E-state index in [9.17, 15) is 5.11 Å². The van der Waals surface area contributed by atoms with Gasteiger partial charge in [0.15, 0.2) is 0 Å². The number of likely N-dealkylation sites (N-methyl/N-ethyl adjacent to an activating group) is 1. The number of hydrogen-bond donors (Lipinski definition) is 2. The average Bonchev–Trinajstić information content (AvgIpc) is 2.44. The number of rotatable bonds is 9. The van der Waals surface area contributed by atoms with E-state index < -0.39 is 0 Å². The highest BCUT2D eigenvalue weighted by molar-refractivity contribution is 4.85. The van der Waals surface area contributed by atoms with Crippen LogP contribution in [0.25, 0.3) is 0 Å². The summed E-state index contributed by atoms with van der Waals surface area (Å²) >= 11 is 0. The molecule has 1 atom stereocenters. The fourth-order valence-corrected chi connectivity index (χ4v) is 3.21. The van der Waals surface area contributed by atoms with Crippen molar-refractivity contribution in [2.75, 3.05) is 19.8 Å². The molecule has 0 aliphatic heterocycles. The third-order valence-corrected chi connectivity index (χ3v) is 4.97. The molecule has 1 aliphatic rings. The van der Waals surface area contributed by atoms with Gasteiger partial charge in [-0.15, -0.1) is 0 Å². The Morgan fingerprint density at radius 1 is 1.25 bits per heavy atom. The van der Waals surface area contributed by atoms with Gasteiger partial charge in [-0.25, -0.2) is 0 Å². The van der Waals surface area contributed by atoms with Crippen LogP contribution < -0.4 is 5.32 Å². The summed E-state index contributed by atoms with van der Waals surface area (Å²) in [5.41, 5.74) is 0.409. The van der Waals surface area contributed by atoms with Crippen molar-refractivity contribution in [2.45, 2.75) is 84.3 Å². The molecular formula is C17H35NO2. The summed E-state index contributed by atoms with van der Waals surface area (Å²) in [7, 11) is 0. The number of aliphatic hydroxyl groups is 1. The molecule has 1 unspecified atom stereocenters. The van der Waals surface area contributed by atoms with Crippen LogP contribution in [-0.4, -0.2) is 36.5 Å². The SMILES string of the molecule is CCNC(CC)(CO)CCCOC1CCC(C)(C)CC1. The molecule has 0 heterocycles. The molecule has 120 valence electrons. The Bertz CT molecular complexity index is 252. The zero-order chi connectivity index (χ0) is 15.1. The van der Waals surface area contributed by atoms with E-state index in [0.717, 1.165) is 32.4 Å². The lowest BCUT2D eigenvalue weighted by atomic mass is 9.76. The van der Waals surface area contributed by atoms with Crippen molar-refractivity contribution in [3.8, 4) is 0 Å². The molecule has 2 N–H and O–H groups in total. The van der Waals surface area contributed by atoms with Gasteiger partial charge in [-0.05, 0) is 56.9 Å². The van der Waals surface area contributed by atoms with Crippen molar-refractivity contribution in [3.63, 3.8) is 0 Å². The first kappa shape index (κ1) is 17.9. The molecule has 0 radical (unpaired) electrons. The van der Waals surface area contributed by atoms with Gasteiger partial charge in [0, 0.05) is 12.1 Å². The highest BCUT2D eigenvalue weighted by Crippen LogP contribution is 2.36.